The van der Waals surface area contributed by atoms with Crippen molar-refractivity contribution in [1.29, 1.82) is 0 Å². The third-order valence-electron chi connectivity index (χ3n) is 3.39. The van der Waals surface area contributed by atoms with E-state index in [1.165, 1.54) is 28.6 Å². The Balaban J connectivity index is 2.26. The van der Waals surface area contributed by atoms with Gasteiger partial charge in [-0.3, -0.25) is 0 Å². The zero-order valence-corrected chi connectivity index (χ0v) is 12.8. The molecular weight excluding hydrogens is 300 g/mol. The van der Waals surface area contributed by atoms with Crippen molar-refractivity contribution in [2.45, 2.75) is 28.7 Å². The first kappa shape index (κ1) is 15.4. The molecule has 1 aromatic rings. The van der Waals surface area contributed by atoms with Crippen molar-refractivity contribution < 1.29 is 16.8 Å². The molecular formula is C12H18N2O4S2. The molecule has 1 heterocycles. The average molecular weight is 318 g/mol. The SMILES string of the molecule is CS(=O)(=O)c1ccc(S(=O)(=O)N2CCC(N)CC2)cc1. The molecule has 1 saturated heterocycles. The monoisotopic (exact) mass is 318 g/mol. The molecule has 0 unspecified atom stereocenters. The van der Waals surface area contributed by atoms with Crippen molar-refractivity contribution in [1.82, 2.24) is 4.31 Å². The second-order valence-corrected chi connectivity index (χ2v) is 8.94. The first-order chi connectivity index (χ1) is 9.21. The molecule has 0 amide bonds. The molecule has 20 heavy (non-hydrogen) atoms. The molecule has 112 valence electrons. The molecule has 2 N–H and O–H groups in total. The Labute approximate surface area is 119 Å². The van der Waals surface area contributed by atoms with Gasteiger partial charge in [-0.05, 0) is 37.1 Å². The maximum Gasteiger partial charge on any atom is 0.243 e. The average Bonchev–Trinajstić information content (AvgIpc) is 2.38. The maximum absolute atomic E-state index is 12.4. The van der Waals surface area contributed by atoms with Crippen LogP contribution in [0.4, 0.5) is 0 Å². The van der Waals surface area contributed by atoms with E-state index in [1.54, 1.807) is 0 Å². The third kappa shape index (κ3) is 3.20. The summed E-state index contributed by atoms with van der Waals surface area (Å²) in [6.45, 7) is 0.800. The number of piperidine rings is 1. The second-order valence-electron chi connectivity index (χ2n) is 4.99. The van der Waals surface area contributed by atoms with Gasteiger partial charge in [-0.1, -0.05) is 0 Å². The summed E-state index contributed by atoms with van der Waals surface area (Å²) in [5.41, 5.74) is 5.76. The van der Waals surface area contributed by atoms with E-state index in [1.807, 2.05) is 0 Å². The lowest BCUT2D eigenvalue weighted by Crippen LogP contribution is -2.42. The van der Waals surface area contributed by atoms with Gasteiger partial charge >= 0.3 is 0 Å². The van der Waals surface area contributed by atoms with E-state index < -0.39 is 19.9 Å². The first-order valence-corrected chi connectivity index (χ1v) is 9.60. The molecule has 6 nitrogen and oxygen atoms in total. The minimum absolute atomic E-state index is 0.0501. The normalized spacial score (nSPS) is 19.1. The van der Waals surface area contributed by atoms with Gasteiger partial charge in [-0.2, -0.15) is 4.31 Å². The van der Waals surface area contributed by atoms with Gasteiger partial charge in [0, 0.05) is 25.4 Å². The number of rotatable bonds is 3. The van der Waals surface area contributed by atoms with Crippen LogP contribution in [0.15, 0.2) is 34.1 Å². The molecule has 0 aromatic heterocycles. The van der Waals surface area contributed by atoms with Crippen molar-refractivity contribution in [2.75, 3.05) is 19.3 Å². The summed E-state index contributed by atoms with van der Waals surface area (Å²) in [6.07, 6.45) is 2.36. The molecule has 0 bridgehead atoms. The highest BCUT2D eigenvalue weighted by molar-refractivity contribution is 7.90. The van der Waals surface area contributed by atoms with Crippen LogP contribution in [0.3, 0.4) is 0 Å². The lowest BCUT2D eigenvalue weighted by Gasteiger charge is -2.29. The van der Waals surface area contributed by atoms with Gasteiger partial charge in [0.1, 0.15) is 0 Å². The van der Waals surface area contributed by atoms with E-state index in [4.69, 9.17) is 5.73 Å². The fraction of sp³-hybridized carbons (Fsp3) is 0.500. The molecule has 1 fully saturated rings. The number of benzene rings is 1. The van der Waals surface area contributed by atoms with Crippen LogP contribution in [-0.4, -0.2) is 46.5 Å². The Morgan fingerprint density at radius 1 is 1.00 bits per heavy atom. The van der Waals surface area contributed by atoms with Crippen molar-refractivity contribution in [3.63, 3.8) is 0 Å². The zero-order chi connectivity index (χ0) is 15.0. The highest BCUT2D eigenvalue weighted by atomic mass is 32.2. The summed E-state index contributed by atoms with van der Waals surface area (Å²) in [6, 6.07) is 5.35. The second kappa shape index (κ2) is 5.44. The van der Waals surface area contributed by atoms with Crippen molar-refractivity contribution >= 4 is 19.9 Å². The van der Waals surface area contributed by atoms with Crippen LogP contribution in [0.5, 0.6) is 0 Å². The van der Waals surface area contributed by atoms with Crippen LogP contribution in [0.2, 0.25) is 0 Å². The Hall–Kier alpha value is -0.960. The van der Waals surface area contributed by atoms with Gasteiger partial charge in [-0.15, -0.1) is 0 Å². The molecule has 2 rings (SSSR count). The quantitative estimate of drug-likeness (QED) is 0.858. The maximum atomic E-state index is 12.4. The Kier molecular flexibility index (Phi) is 4.19. The van der Waals surface area contributed by atoms with Crippen LogP contribution in [0, 0.1) is 0 Å². The van der Waals surface area contributed by atoms with Crippen molar-refractivity contribution in [2.24, 2.45) is 5.73 Å². The van der Waals surface area contributed by atoms with Crippen molar-refractivity contribution in [3.8, 4) is 0 Å². The van der Waals surface area contributed by atoms with E-state index in [9.17, 15) is 16.8 Å². The molecule has 8 heteroatoms. The number of hydrogen-bond acceptors (Lipinski definition) is 5. The largest absolute Gasteiger partial charge is 0.328 e. The Morgan fingerprint density at radius 3 is 1.90 bits per heavy atom. The molecule has 0 atom stereocenters. The summed E-state index contributed by atoms with van der Waals surface area (Å²) in [5, 5.41) is 0. The standard InChI is InChI=1S/C12H18N2O4S2/c1-19(15,16)11-2-4-12(5-3-11)20(17,18)14-8-6-10(13)7-9-14/h2-5,10H,6-9,13H2,1H3. The summed E-state index contributed by atoms with van der Waals surface area (Å²) in [5.74, 6) is 0. The predicted octanol–water partition coefficient (Wildman–Crippen LogP) is 0.202. The van der Waals surface area contributed by atoms with Gasteiger partial charge in [0.2, 0.25) is 10.0 Å². The molecule has 0 saturated carbocycles. The number of sulfone groups is 1. The number of sulfonamides is 1. The van der Waals surface area contributed by atoms with Gasteiger partial charge in [0.15, 0.2) is 9.84 Å². The molecule has 0 aliphatic carbocycles. The lowest BCUT2D eigenvalue weighted by atomic mass is 10.1. The highest BCUT2D eigenvalue weighted by Crippen LogP contribution is 2.21. The first-order valence-electron chi connectivity index (χ1n) is 6.27. The van der Waals surface area contributed by atoms with Crippen LogP contribution in [0.1, 0.15) is 12.8 Å². The number of nitrogens with two attached hydrogens (primary N) is 1. The summed E-state index contributed by atoms with van der Waals surface area (Å²) >= 11 is 0. The highest BCUT2D eigenvalue weighted by Gasteiger charge is 2.28. The molecule has 1 aliphatic rings. The molecule has 1 aliphatic heterocycles. The molecule has 1 aromatic carbocycles. The predicted molar refractivity (Wildman–Crippen MR) is 75.5 cm³/mol. The molecule has 0 radical (unpaired) electrons. The molecule has 0 spiro atoms. The number of nitrogens with zero attached hydrogens (tertiary/aromatic N) is 1. The van der Waals surface area contributed by atoms with Gasteiger partial charge in [0.25, 0.3) is 0 Å². The fourth-order valence-electron chi connectivity index (χ4n) is 2.12. The zero-order valence-electron chi connectivity index (χ0n) is 11.2. The van der Waals surface area contributed by atoms with E-state index in [0.29, 0.717) is 25.9 Å². The summed E-state index contributed by atoms with van der Waals surface area (Å²) in [7, 11) is -6.89. The van der Waals surface area contributed by atoms with E-state index in [0.717, 1.165) is 6.26 Å². The third-order valence-corrected chi connectivity index (χ3v) is 6.43. The van der Waals surface area contributed by atoms with Crippen LogP contribution in [0.25, 0.3) is 0 Å². The van der Waals surface area contributed by atoms with Crippen LogP contribution in [-0.2, 0) is 19.9 Å². The minimum Gasteiger partial charge on any atom is -0.328 e. The van der Waals surface area contributed by atoms with Gasteiger partial charge < -0.3 is 5.73 Å². The van der Waals surface area contributed by atoms with Crippen LogP contribution >= 0.6 is 0 Å². The van der Waals surface area contributed by atoms with E-state index >= 15 is 0 Å². The van der Waals surface area contributed by atoms with Crippen molar-refractivity contribution in [3.05, 3.63) is 24.3 Å². The van der Waals surface area contributed by atoms with Crippen LogP contribution < -0.4 is 5.73 Å². The van der Waals surface area contributed by atoms with Gasteiger partial charge in [-0.25, -0.2) is 16.8 Å². The summed E-state index contributed by atoms with van der Waals surface area (Å²) < 4.78 is 48.9. The lowest BCUT2D eigenvalue weighted by molar-refractivity contribution is 0.320. The van der Waals surface area contributed by atoms with E-state index in [-0.39, 0.29) is 15.8 Å². The topological polar surface area (TPSA) is 97.5 Å². The number of hydrogen-bond donors (Lipinski definition) is 1. The Morgan fingerprint density at radius 2 is 1.45 bits per heavy atom. The fourth-order valence-corrected chi connectivity index (χ4v) is 4.22. The smallest absolute Gasteiger partial charge is 0.243 e. The van der Waals surface area contributed by atoms with Gasteiger partial charge in [0.05, 0.1) is 9.79 Å². The van der Waals surface area contributed by atoms with E-state index in [2.05, 4.69) is 0 Å². The minimum atomic E-state index is -3.56. The Bertz CT molecular complexity index is 673. The summed E-state index contributed by atoms with van der Waals surface area (Å²) in [4.78, 5) is 0.220.